The van der Waals surface area contributed by atoms with Crippen molar-refractivity contribution in [2.24, 2.45) is 4.99 Å². The van der Waals surface area contributed by atoms with Gasteiger partial charge in [-0.15, -0.1) is 0 Å². The van der Waals surface area contributed by atoms with Crippen LogP contribution in [0, 0.1) is 0 Å². The molecule has 3 N–H and O–H groups in total. The van der Waals surface area contributed by atoms with Crippen molar-refractivity contribution in [1.29, 1.82) is 0 Å². The molecular formula is C9H12BrN2Na4O15P3. The van der Waals surface area contributed by atoms with Crippen LogP contribution in [0.5, 0.6) is 0 Å². The summed E-state index contributed by atoms with van der Waals surface area (Å²) in [5, 5.41) is 31.4. The molecule has 7 atom stereocenters. The molecule has 17 nitrogen and oxygen atoms in total. The van der Waals surface area contributed by atoms with Gasteiger partial charge in [0.15, 0.2) is 6.23 Å². The maximum atomic E-state index is 11.8. The Hall–Kier alpha value is 3.71. The molecule has 2 heterocycles. The van der Waals surface area contributed by atoms with E-state index >= 15 is 0 Å². The molecule has 0 radical (unpaired) electrons. The third-order valence-electron chi connectivity index (χ3n) is 3.52. The standard InChI is InChI=1S/C9H16BrN2O15P3.4Na/c10-3-1-12(9(16)11-7(3)15)8-6(14)5(13)4(25-8)2-24-29(20,21)27-30(22,23)26-28(17,18)19;;;;/h3-6,8,13-14H,1-2H2,(H,20,21)(H,22,23)(H,11,15,16)(H2,17,18,19);;;;/q;4*+1/p-4/t3?,4-,5-,6-,8-;;;;/m1..../s1. The normalized spacial score (nSPS) is 30.3. The van der Waals surface area contributed by atoms with Crippen LogP contribution in [0.2, 0.25) is 0 Å². The van der Waals surface area contributed by atoms with Gasteiger partial charge in [-0.1, -0.05) is 15.9 Å². The quantitative estimate of drug-likeness (QED) is 0.125. The van der Waals surface area contributed by atoms with Crippen LogP contribution in [0.1, 0.15) is 0 Å². The van der Waals surface area contributed by atoms with Crippen LogP contribution in [0.15, 0.2) is 4.99 Å². The minimum atomic E-state index is -6.10. The van der Waals surface area contributed by atoms with E-state index in [0.29, 0.717) is 0 Å². The van der Waals surface area contributed by atoms with E-state index in [4.69, 9.17) is 9.63 Å². The molecule has 0 aliphatic carbocycles. The van der Waals surface area contributed by atoms with Gasteiger partial charge in [-0.2, -0.15) is 0 Å². The Morgan fingerprint density at radius 3 is 2.12 bits per heavy atom. The van der Waals surface area contributed by atoms with Gasteiger partial charge in [0.1, 0.15) is 18.3 Å². The summed E-state index contributed by atoms with van der Waals surface area (Å²) < 4.78 is 48.9. The topological polar surface area (TPSA) is 274 Å². The average Bonchev–Trinajstić information content (AvgIpc) is 2.81. The molecule has 174 valence electrons. The van der Waals surface area contributed by atoms with E-state index in [1.165, 1.54) is 0 Å². The number of aliphatic hydroxyl groups is 2. The number of carbonyl (C=O) groups excluding carboxylic acids is 1. The molecule has 2 aliphatic heterocycles. The third-order valence-corrected chi connectivity index (χ3v) is 7.92. The van der Waals surface area contributed by atoms with E-state index in [1.807, 2.05) is 0 Å². The average molecular weight is 653 g/mol. The van der Waals surface area contributed by atoms with Crippen molar-refractivity contribution < 1.29 is 189 Å². The molecule has 2 aliphatic rings. The zero-order chi connectivity index (χ0) is 23.1. The number of phosphoric ester groups is 1. The Morgan fingerprint density at radius 2 is 1.62 bits per heavy atom. The van der Waals surface area contributed by atoms with Crippen LogP contribution in [0.25, 0.3) is 0 Å². The van der Waals surface area contributed by atoms with Gasteiger partial charge in [0, 0.05) is 6.54 Å². The molecule has 2 rings (SSSR count). The molecule has 0 bridgehead atoms. The monoisotopic (exact) mass is 652 g/mol. The van der Waals surface area contributed by atoms with Gasteiger partial charge in [0.25, 0.3) is 7.82 Å². The van der Waals surface area contributed by atoms with Crippen LogP contribution in [-0.2, 0) is 31.6 Å². The number of carbonyl (C=O) groups is 1. The van der Waals surface area contributed by atoms with Gasteiger partial charge in [0.2, 0.25) is 0 Å². The van der Waals surface area contributed by atoms with E-state index in [-0.39, 0.29) is 125 Å². The summed E-state index contributed by atoms with van der Waals surface area (Å²) in [6.45, 7) is -1.44. The second kappa shape index (κ2) is 16.8. The molecule has 1 fully saturated rings. The maximum absolute atomic E-state index is 11.8. The van der Waals surface area contributed by atoms with Gasteiger partial charge >= 0.3 is 132 Å². The number of hydrogen-bond donors (Lipinski definition) is 3. The molecule has 0 aromatic rings. The van der Waals surface area contributed by atoms with Crippen LogP contribution in [0.3, 0.4) is 0 Å². The van der Waals surface area contributed by atoms with Gasteiger partial charge in [-0.3, -0.25) is 13.8 Å². The molecule has 25 heteroatoms. The zero-order valence-electron chi connectivity index (χ0n) is 18.2. The van der Waals surface area contributed by atoms with Gasteiger partial charge in [-0.25, -0.2) is 18.7 Å². The summed E-state index contributed by atoms with van der Waals surface area (Å²) >= 11 is 2.94. The minimum Gasteiger partial charge on any atom is -0.861 e. The number of hydrogen-bond acceptors (Lipinski definition) is 14. The predicted molar refractivity (Wildman–Crippen MR) is 86.1 cm³/mol. The largest absolute Gasteiger partial charge is 1.00 e. The SMILES string of the molecule is O=C1N=C([O-])C(Br)CN1[C@@H]1O[C@H](COP(=O)([O-])OP(=O)(O)OP(=O)([O-])[O-])[C@@H](O)[C@H]1O.[Na+].[Na+].[Na+].[Na+]. The Labute approximate surface area is 289 Å². The molecule has 0 aromatic heterocycles. The van der Waals surface area contributed by atoms with Crippen molar-refractivity contribution >= 4 is 51.3 Å². The van der Waals surface area contributed by atoms with E-state index < -0.39 is 71.4 Å². The first kappa shape index (κ1) is 42.2. The first-order valence-electron chi connectivity index (χ1n) is 7.46. The molecule has 2 amide bonds. The smallest absolute Gasteiger partial charge is 0.861 e. The molecule has 0 aromatic carbocycles. The summed E-state index contributed by atoms with van der Waals surface area (Å²) in [5.74, 6) is -0.787. The predicted octanol–water partition coefficient (Wildman–Crippen LogP) is -16.1. The third kappa shape index (κ3) is 12.9. The number of nitrogens with zero attached hydrogens (tertiary/aromatic N) is 2. The second-order valence-electron chi connectivity index (χ2n) is 5.72. The zero-order valence-corrected chi connectivity index (χ0v) is 30.4. The minimum absolute atomic E-state index is 0. The Kier molecular flexibility index (Phi) is 20.9. The molecular weight excluding hydrogens is 641 g/mol. The van der Waals surface area contributed by atoms with Crippen LogP contribution >= 0.6 is 39.4 Å². The number of phosphoric acid groups is 3. The Bertz CT molecular complexity index is 865. The van der Waals surface area contributed by atoms with Gasteiger partial charge in [0.05, 0.1) is 19.3 Å². The van der Waals surface area contributed by atoms with E-state index in [1.54, 1.807) is 0 Å². The fourth-order valence-electron chi connectivity index (χ4n) is 2.35. The van der Waals surface area contributed by atoms with Crippen molar-refractivity contribution in [3.63, 3.8) is 0 Å². The van der Waals surface area contributed by atoms with Gasteiger partial charge in [-0.05, 0) is 5.90 Å². The number of aliphatic imine (C=N–C) groups is 1. The fraction of sp³-hybridized carbons (Fsp3) is 0.778. The molecule has 34 heavy (non-hydrogen) atoms. The van der Waals surface area contributed by atoms with E-state index in [9.17, 15) is 48.5 Å². The number of urea groups is 1. The Morgan fingerprint density at radius 1 is 1.09 bits per heavy atom. The first-order valence-corrected chi connectivity index (χ1v) is 12.8. The van der Waals surface area contributed by atoms with Gasteiger partial charge < -0.3 is 48.7 Å². The first-order chi connectivity index (χ1) is 13.5. The maximum Gasteiger partial charge on any atom is 1.00 e. The van der Waals surface area contributed by atoms with Crippen LogP contribution in [-0.4, -0.2) is 74.5 Å². The number of halogens is 1. The van der Waals surface area contributed by atoms with Crippen molar-refractivity contribution in [3.8, 4) is 0 Å². The number of ether oxygens (including phenoxy) is 1. The molecule has 0 spiro atoms. The summed E-state index contributed by atoms with van der Waals surface area (Å²) in [4.78, 5) is 55.9. The van der Waals surface area contributed by atoms with Crippen molar-refractivity contribution in [2.45, 2.75) is 29.4 Å². The summed E-state index contributed by atoms with van der Waals surface area (Å²) in [7, 11) is -17.8. The summed E-state index contributed by atoms with van der Waals surface area (Å²) in [6, 6.07) is -1.09. The van der Waals surface area contributed by atoms with Crippen molar-refractivity contribution in [1.82, 2.24) is 4.90 Å². The van der Waals surface area contributed by atoms with Crippen molar-refractivity contribution in [2.75, 3.05) is 13.2 Å². The molecule has 0 saturated carbocycles. The molecule has 1 saturated heterocycles. The van der Waals surface area contributed by atoms with Crippen LogP contribution < -0.4 is 138 Å². The summed E-state index contributed by atoms with van der Waals surface area (Å²) in [6.07, 6.45) is -6.84. The number of aliphatic hydroxyl groups excluding tert-OH is 2. The molecule has 3 unspecified atom stereocenters. The second-order valence-corrected chi connectivity index (χ2v) is 11.1. The Balaban J connectivity index is -0.00000240. The van der Waals surface area contributed by atoms with Crippen LogP contribution in [0.4, 0.5) is 4.79 Å². The number of rotatable bonds is 8. The summed E-state index contributed by atoms with van der Waals surface area (Å²) in [5.41, 5.74) is 0. The van der Waals surface area contributed by atoms with Crippen molar-refractivity contribution in [3.05, 3.63) is 0 Å². The van der Waals surface area contributed by atoms with E-state index in [0.717, 1.165) is 4.90 Å². The number of alkyl halides is 1. The number of amides is 2. The fourth-order valence-corrected chi connectivity index (χ4v) is 5.69. The van der Waals surface area contributed by atoms with E-state index in [2.05, 4.69) is 34.1 Å².